The van der Waals surface area contributed by atoms with Gasteiger partial charge in [0.2, 0.25) is 0 Å². The van der Waals surface area contributed by atoms with Crippen molar-refractivity contribution in [3.05, 3.63) is 45.5 Å². The fraction of sp³-hybridized carbons (Fsp3) is 0.286. The number of ether oxygens (including phenoxy) is 2. The van der Waals surface area contributed by atoms with Crippen LogP contribution in [0.3, 0.4) is 0 Å². The van der Waals surface area contributed by atoms with E-state index in [1.165, 1.54) is 44.6 Å². The summed E-state index contributed by atoms with van der Waals surface area (Å²) in [4.78, 5) is 32.8. The van der Waals surface area contributed by atoms with Crippen LogP contribution in [0.5, 0.6) is 0 Å². The molecule has 0 saturated heterocycles. The molecule has 0 aromatic heterocycles. The van der Waals surface area contributed by atoms with Crippen molar-refractivity contribution in [3.8, 4) is 0 Å². The summed E-state index contributed by atoms with van der Waals surface area (Å²) in [5.74, 6) is -0.995. The maximum absolute atomic E-state index is 11.6. The summed E-state index contributed by atoms with van der Waals surface area (Å²) in [6.45, 7) is 0. The third-order valence-corrected chi connectivity index (χ3v) is 2.72. The Morgan fingerprint density at radius 1 is 1.14 bits per heavy atom. The molecule has 112 valence electrons. The molecule has 0 heterocycles. The molecule has 0 spiro atoms. The van der Waals surface area contributed by atoms with Gasteiger partial charge in [0.05, 0.1) is 19.1 Å². The van der Waals surface area contributed by atoms with E-state index in [0.29, 0.717) is 5.56 Å². The molecular weight excluding hydrogens is 278 g/mol. The predicted octanol–water partition coefficient (Wildman–Crippen LogP) is 2.10. The predicted molar refractivity (Wildman–Crippen MR) is 74.3 cm³/mol. The Morgan fingerprint density at radius 3 is 2.24 bits per heavy atom. The minimum Gasteiger partial charge on any atom is -0.469 e. The summed E-state index contributed by atoms with van der Waals surface area (Å²) in [6.07, 6.45) is 1.74. The van der Waals surface area contributed by atoms with Crippen molar-refractivity contribution >= 4 is 23.7 Å². The van der Waals surface area contributed by atoms with E-state index in [9.17, 15) is 19.7 Å². The fourth-order valence-corrected chi connectivity index (χ4v) is 1.60. The quantitative estimate of drug-likeness (QED) is 0.345. The summed E-state index contributed by atoms with van der Waals surface area (Å²) in [7, 11) is 2.50. The number of nitro groups is 1. The zero-order valence-electron chi connectivity index (χ0n) is 11.7. The second-order valence-corrected chi connectivity index (χ2v) is 4.09. The molecule has 7 heteroatoms. The summed E-state index contributed by atoms with van der Waals surface area (Å²) in [6, 6.07) is 5.69. The zero-order valence-corrected chi connectivity index (χ0v) is 11.7. The van der Waals surface area contributed by atoms with Gasteiger partial charge in [0.25, 0.3) is 5.69 Å². The number of carbonyl (C=O) groups is 2. The number of non-ortho nitro benzene ring substituents is 1. The Balaban J connectivity index is 2.93. The molecule has 0 amide bonds. The first-order chi connectivity index (χ1) is 9.97. The number of methoxy groups -OCH3 is 2. The largest absolute Gasteiger partial charge is 0.469 e. The fourth-order valence-electron chi connectivity index (χ4n) is 1.60. The number of nitrogens with zero attached hydrogens (tertiary/aromatic N) is 1. The first-order valence-corrected chi connectivity index (χ1v) is 6.08. The molecule has 0 saturated carbocycles. The number of benzene rings is 1. The highest BCUT2D eigenvalue weighted by atomic mass is 16.6. The summed E-state index contributed by atoms with van der Waals surface area (Å²) in [5.41, 5.74) is 0.851. The second-order valence-electron chi connectivity index (χ2n) is 4.09. The van der Waals surface area contributed by atoms with E-state index >= 15 is 0 Å². The molecule has 0 aliphatic carbocycles. The summed E-state index contributed by atoms with van der Waals surface area (Å²) >= 11 is 0. The van der Waals surface area contributed by atoms with Crippen LogP contribution in [0.1, 0.15) is 18.4 Å². The lowest BCUT2D eigenvalue weighted by atomic mass is 10.1. The Hall–Kier alpha value is -2.70. The average molecular weight is 293 g/mol. The van der Waals surface area contributed by atoms with Crippen molar-refractivity contribution < 1.29 is 24.0 Å². The third-order valence-electron chi connectivity index (χ3n) is 2.72. The van der Waals surface area contributed by atoms with Crippen LogP contribution in [0.25, 0.3) is 6.08 Å². The van der Waals surface area contributed by atoms with E-state index < -0.39 is 16.9 Å². The van der Waals surface area contributed by atoms with E-state index in [0.717, 1.165) is 0 Å². The highest BCUT2D eigenvalue weighted by Crippen LogP contribution is 2.17. The van der Waals surface area contributed by atoms with Gasteiger partial charge in [-0.05, 0) is 30.2 Å². The number of nitro benzene ring substituents is 1. The van der Waals surface area contributed by atoms with Gasteiger partial charge in [-0.2, -0.15) is 0 Å². The Kier molecular flexibility index (Phi) is 6.06. The SMILES string of the molecule is COC(=O)CC/C(=C\c1ccc([N+](=O)[O-])cc1)C(=O)OC. The van der Waals surface area contributed by atoms with Gasteiger partial charge in [0.1, 0.15) is 0 Å². The van der Waals surface area contributed by atoms with E-state index in [4.69, 9.17) is 0 Å². The highest BCUT2D eigenvalue weighted by molar-refractivity contribution is 5.94. The Bertz CT molecular complexity index is 561. The van der Waals surface area contributed by atoms with Crippen molar-refractivity contribution in [1.82, 2.24) is 0 Å². The van der Waals surface area contributed by atoms with Crippen LogP contribution < -0.4 is 0 Å². The molecule has 0 unspecified atom stereocenters. The van der Waals surface area contributed by atoms with Crippen LogP contribution in [0.15, 0.2) is 29.8 Å². The van der Waals surface area contributed by atoms with Crippen molar-refractivity contribution in [3.63, 3.8) is 0 Å². The van der Waals surface area contributed by atoms with E-state index in [1.54, 1.807) is 0 Å². The lowest BCUT2D eigenvalue weighted by molar-refractivity contribution is -0.384. The first-order valence-electron chi connectivity index (χ1n) is 6.08. The van der Waals surface area contributed by atoms with Crippen LogP contribution in [0.4, 0.5) is 5.69 Å². The van der Waals surface area contributed by atoms with E-state index in [2.05, 4.69) is 9.47 Å². The molecule has 0 aliphatic heterocycles. The molecule has 0 aliphatic rings. The van der Waals surface area contributed by atoms with Crippen molar-refractivity contribution in [2.45, 2.75) is 12.8 Å². The molecule has 0 bridgehead atoms. The highest BCUT2D eigenvalue weighted by Gasteiger charge is 2.13. The first kappa shape index (κ1) is 16.4. The van der Waals surface area contributed by atoms with Crippen LogP contribution in [-0.2, 0) is 19.1 Å². The molecule has 0 radical (unpaired) electrons. The van der Waals surface area contributed by atoms with Gasteiger partial charge in [0.15, 0.2) is 0 Å². The van der Waals surface area contributed by atoms with Gasteiger partial charge in [-0.3, -0.25) is 14.9 Å². The molecule has 1 aromatic carbocycles. The molecule has 0 N–H and O–H groups in total. The summed E-state index contributed by atoms with van der Waals surface area (Å²) in [5, 5.41) is 10.6. The minimum absolute atomic E-state index is 0.0404. The van der Waals surface area contributed by atoms with Gasteiger partial charge in [-0.25, -0.2) is 4.79 Å². The molecule has 21 heavy (non-hydrogen) atoms. The maximum Gasteiger partial charge on any atom is 0.333 e. The molecule has 7 nitrogen and oxygen atoms in total. The van der Waals surface area contributed by atoms with Crippen LogP contribution in [0.2, 0.25) is 0 Å². The van der Waals surface area contributed by atoms with Gasteiger partial charge in [-0.1, -0.05) is 0 Å². The van der Waals surface area contributed by atoms with Gasteiger partial charge < -0.3 is 9.47 Å². The summed E-state index contributed by atoms with van der Waals surface area (Å²) < 4.78 is 9.16. The van der Waals surface area contributed by atoms with Crippen LogP contribution in [-0.4, -0.2) is 31.1 Å². The Morgan fingerprint density at radius 2 is 1.76 bits per heavy atom. The Labute approximate surface area is 121 Å². The molecule has 0 atom stereocenters. The lowest BCUT2D eigenvalue weighted by Crippen LogP contribution is -2.08. The normalized spacial score (nSPS) is 10.9. The van der Waals surface area contributed by atoms with E-state index in [-0.39, 0.29) is 24.1 Å². The number of hydrogen-bond acceptors (Lipinski definition) is 6. The minimum atomic E-state index is -0.558. The van der Waals surface area contributed by atoms with Gasteiger partial charge >= 0.3 is 11.9 Å². The topological polar surface area (TPSA) is 95.7 Å². The lowest BCUT2D eigenvalue weighted by Gasteiger charge is -2.05. The van der Waals surface area contributed by atoms with Gasteiger partial charge in [-0.15, -0.1) is 0 Å². The smallest absolute Gasteiger partial charge is 0.333 e. The molecular formula is C14H15NO6. The van der Waals surface area contributed by atoms with Crippen molar-refractivity contribution in [1.29, 1.82) is 0 Å². The molecule has 1 aromatic rings. The van der Waals surface area contributed by atoms with Crippen LogP contribution >= 0.6 is 0 Å². The maximum atomic E-state index is 11.6. The third kappa shape index (κ3) is 5.06. The monoisotopic (exact) mass is 293 g/mol. The molecule has 1 rings (SSSR count). The zero-order chi connectivity index (χ0) is 15.8. The van der Waals surface area contributed by atoms with Crippen molar-refractivity contribution in [2.24, 2.45) is 0 Å². The standard InChI is InChI=1S/C14H15NO6/c1-20-13(16)8-5-11(14(17)21-2)9-10-3-6-12(7-4-10)15(18)19/h3-4,6-7,9H,5,8H2,1-2H3/b11-9+. The number of hydrogen-bond donors (Lipinski definition) is 0. The van der Waals surface area contributed by atoms with Crippen LogP contribution in [0, 0.1) is 10.1 Å². The number of rotatable bonds is 6. The second kappa shape index (κ2) is 7.78. The van der Waals surface area contributed by atoms with E-state index in [1.807, 2.05) is 0 Å². The number of carbonyl (C=O) groups excluding carboxylic acids is 2. The van der Waals surface area contributed by atoms with Gasteiger partial charge in [0, 0.05) is 24.1 Å². The molecule has 0 fully saturated rings. The van der Waals surface area contributed by atoms with Crippen molar-refractivity contribution in [2.75, 3.05) is 14.2 Å². The number of esters is 2. The average Bonchev–Trinajstić information content (AvgIpc) is 2.50.